The standard InChI is InChI=1S/C16H19N5O5/c1-8(2)11(13(23)18-10-3-5-17-14(24)12(10)22)19-16-21-20-15(26-16)9-4-6-25-7-9/h4,6-8,10-11H,3,5H2,1-2H3,(H,17,24)(H,18,23)(H,19,21). The lowest BCUT2D eigenvalue weighted by Gasteiger charge is -2.26. The summed E-state index contributed by atoms with van der Waals surface area (Å²) in [5, 5.41) is 15.7. The van der Waals surface area contributed by atoms with Crippen LogP contribution in [0, 0.1) is 5.92 Å². The molecule has 0 bridgehead atoms. The highest BCUT2D eigenvalue weighted by Crippen LogP contribution is 2.21. The van der Waals surface area contributed by atoms with Crippen LogP contribution in [0.2, 0.25) is 0 Å². The Morgan fingerprint density at radius 2 is 2.15 bits per heavy atom. The SMILES string of the molecule is CC(C)C(Nc1nnc(-c2ccoc2)o1)C(=O)NC1CCNC(=O)C1=O. The molecule has 10 heteroatoms. The molecule has 0 radical (unpaired) electrons. The van der Waals surface area contributed by atoms with Crippen LogP contribution in [-0.2, 0) is 14.4 Å². The molecule has 138 valence electrons. The predicted octanol–water partition coefficient (Wildman–Crippen LogP) is 0.340. The Labute approximate surface area is 148 Å². The van der Waals surface area contributed by atoms with Gasteiger partial charge in [-0.25, -0.2) is 0 Å². The summed E-state index contributed by atoms with van der Waals surface area (Å²) < 4.78 is 10.4. The van der Waals surface area contributed by atoms with E-state index >= 15 is 0 Å². The molecule has 0 spiro atoms. The van der Waals surface area contributed by atoms with Crippen LogP contribution in [0.4, 0.5) is 6.01 Å². The van der Waals surface area contributed by atoms with Crippen LogP contribution in [-0.4, -0.2) is 46.4 Å². The number of nitrogens with one attached hydrogen (secondary N) is 3. The van der Waals surface area contributed by atoms with E-state index in [0.29, 0.717) is 18.5 Å². The molecular weight excluding hydrogens is 342 g/mol. The minimum absolute atomic E-state index is 0.0720. The molecule has 3 rings (SSSR count). The summed E-state index contributed by atoms with van der Waals surface area (Å²) in [5.74, 6) is -1.63. The minimum Gasteiger partial charge on any atom is -0.472 e. The summed E-state index contributed by atoms with van der Waals surface area (Å²) in [6.07, 6.45) is 3.30. The average Bonchev–Trinajstić information content (AvgIpc) is 3.27. The number of piperidine rings is 1. The first-order valence-electron chi connectivity index (χ1n) is 8.20. The fraction of sp³-hybridized carbons (Fsp3) is 0.438. The lowest BCUT2D eigenvalue weighted by Crippen LogP contribution is -2.56. The van der Waals surface area contributed by atoms with Crippen molar-refractivity contribution in [3.8, 4) is 11.5 Å². The molecule has 2 unspecified atom stereocenters. The Bertz CT molecular complexity index is 798. The fourth-order valence-corrected chi connectivity index (χ4v) is 2.56. The van der Waals surface area contributed by atoms with Crippen LogP contribution in [0.15, 0.2) is 27.4 Å². The molecule has 0 aliphatic carbocycles. The maximum Gasteiger partial charge on any atom is 0.316 e. The van der Waals surface area contributed by atoms with E-state index < -0.39 is 29.7 Å². The van der Waals surface area contributed by atoms with E-state index in [2.05, 4.69) is 26.1 Å². The van der Waals surface area contributed by atoms with Gasteiger partial charge in [-0.05, 0) is 18.4 Å². The van der Waals surface area contributed by atoms with E-state index in [9.17, 15) is 14.4 Å². The van der Waals surface area contributed by atoms with E-state index in [1.54, 1.807) is 6.07 Å². The molecule has 3 heterocycles. The molecule has 2 amide bonds. The van der Waals surface area contributed by atoms with Crippen molar-refractivity contribution in [2.75, 3.05) is 11.9 Å². The smallest absolute Gasteiger partial charge is 0.316 e. The first-order chi connectivity index (χ1) is 12.5. The normalized spacial score (nSPS) is 18.5. The average molecular weight is 361 g/mol. The van der Waals surface area contributed by atoms with Crippen LogP contribution in [0.1, 0.15) is 20.3 Å². The lowest BCUT2D eigenvalue weighted by molar-refractivity contribution is -0.141. The molecule has 0 saturated carbocycles. The third kappa shape index (κ3) is 3.73. The number of aromatic nitrogens is 2. The van der Waals surface area contributed by atoms with E-state index in [4.69, 9.17) is 8.83 Å². The van der Waals surface area contributed by atoms with Crippen LogP contribution < -0.4 is 16.0 Å². The predicted molar refractivity (Wildman–Crippen MR) is 88.8 cm³/mol. The molecule has 2 aromatic rings. The summed E-state index contributed by atoms with van der Waals surface area (Å²) in [4.78, 5) is 35.9. The number of carbonyl (C=O) groups excluding carboxylic acids is 3. The van der Waals surface area contributed by atoms with Crippen molar-refractivity contribution in [3.63, 3.8) is 0 Å². The summed E-state index contributed by atoms with van der Waals surface area (Å²) in [7, 11) is 0. The molecule has 1 aliphatic rings. The van der Waals surface area contributed by atoms with Gasteiger partial charge in [0.2, 0.25) is 11.7 Å². The van der Waals surface area contributed by atoms with Gasteiger partial charge < -0.3 is 24.8 Å². The van der Waals surface area contributed by atoms with Crippen molar-refractivity contribution < 1.29 is 23.2 Å². The Morgan fingerprint density at radius 1 is 1.35 bits per heavy atom. The van der Waals surface area contributed by atoms with Crippen molar-refractivity contribution in [1.29, 1.82) is 0 Å². The highest BCUT2D eigenvalue weighted by Gasteiger charge is 2.33. The van der Waals surface area contributed by atoms with Gasteiger partial charge >= 0.3 is 6.01 Å². The molecule has 2 atom stereocenters. The zero-order chi connectivity index (χ0) is 18.7. The van der Waals surface area contributed by atoms with Gasteiger partial charge in [-0.15, -0.1) is 5.10 Å². The topological polar surface area (TPSA) is 139 Å². The number of carbonyl (C=O) groups is 3. The van der Waals surface area contributed by atoms with Crippen molar-refractivity contribution in [2.24, 2.45) is 5.92 Å². The Hall–Kier alpha value is -3.17. The molecule has 1 fully saturated rings. The van der Waals surface area contributed by atoms with Crippen molar-refractivity contribution in [1.82, 2.24) is 20.8 Å². The summed E-state index contributed by atoms with van der Waals surface area (Å²) in [6, 6.07) is 0.195. The van der Waals surface area contributed by atoms with Crippen LogP contribution in [0.5, 0.6) is 0 Å². The number of furan rings is 1. The number of nitrogens with zero attached hydrogens (tertiary/aromatic N) is 2. The quantitative estimate of drug-likeness (QED) is 0.626. The molecule has 1 aliphatic heterocycles. The van der Waals surface area contributed by atoms with Crippen molar-refractivity contribution in [2.45, 2.75) is 32.4 Å². The molecule has 2 aromatic heterocycles. The third-order valence-electron chi connectivity index (χ3n) is 4.00. The lowest BCUT2D eigenvalue weighted by atomic mass is 10.0. The van der Waals surface area contributed by atoms with E-state index in [1.807, 2.05) is 13.8 Å². The van der Waals surface area contributed by atoms with Gasteiger partial charge in [0.25, 0.3) is 11.8 Å². The van der Waals surface area contributed by atoms with Gasteiger partial charge in [-0.1, -0.05) is 18.9 Å². The zero-order valence-electron chi connectivity index (χ0n) is 14.3. The van der Waals surface area contributed by atoms with Crippen molar-refractivity contribution in [3.05, 3.63) is 18.6 Å². The van der Waals surface area contributed by atoms with Crippen LogP contribution >= 0.6 is 0 Å². The number of Topliss-reactive ketones (excluding diaryl/α,β-unsaturated/α-hetero) is 1. The highest BCUT2D eigenvalue weighted by atomic mass is 16.4. The number of anilines is 1. The van der Waals surface area contributed by atoms with Gasteiger partial charge in [-0.3, -0.25) is 14.4 Å². The second-order valence-electron chi connectivity index (χ2n) is 6.26. The largest absolute Gasteiger partial charge is 0.472 e. The fourth-order valence-electron chi connectivity index (χ4n) is 2.56. The Balaban J connectivity index is 1.68. The second-order valence-corrected chi connectivity index (χ2v) is 6.26. The Morgan fingerprint density at radius 3 is 2.85 bits per heavy atom. The van der Waals surface area contributed by atoms with Gasteiger partial charge in [0.15, 0.2) is 0 Å². The monoisotopic (exact) mass is 361 g/mol. The number of ketones is 1. The van der Waals surface area contributed by atoms with Crippen LogP contribution in [0.25, 0.3) is 11.5 Å². The maximum atomic E-state index is 12.6. The zero-order valence-corrected chi connectivity index (χ0v) is 14.3. The second kappa shape index (κ2) is 7.38. The first-order valence-corrected chi connectivity index (χ1v) is 8.20. The number of amides is 2. The van der Waals surface area contributed by atoms with Gasteiger partial charge in [0, 0.05) is 6.54 Å². The molecular formula is C16H19N5O5. The molecule has 0 aromatic carbocycles. The van der Waals surface area contributed by atoms with Crippen LogP contribution in [0.3, 0.4) is 0 Å². The number of rotatable bonds is 6. The third-order valence-corrected chi connectivity index (χ3v) is 4.00. The number of hydrogen-bond acceptors (Lipinski definition) is 8. The highest BCUT2D eigenvalue weighted by molar-refractivity contribution is 6.39. The maximum absolute atomic E-state index is 12.6. The van der Waals surface area contributed by atoms with E-state index in [0.717, 1.165) is 0 Å². The molecule has 26 heavy (non-hydrogen) atoms. The summed E-state index contributed by atoms with van der Waals surface area (Å²) in [5.41, 5.74) is 0.620. The molecule has 10 nitrogen and oxygen atoms in total. The van der Waals surface area contributed by atoms with Crippen molar-refractivity contribution >= 4 is 23.6 Å². The number of hydrogen-bond donors (Lipinski definition) is 3. The molecule has 1 saturated heterocycles. The van der Waals surface area contributed by atoms with Gasteiger partial charge in [-0.2, -0.15) is 0 Å². The van der Waals surface area contributed by atoms with E-state index in [-0.39, 0.29) is 17.8 Å². The summed E-state index contributed by atoms with van der Waals surface area (Å²) in [6.45, 7) is 4.01. The minimum atomic E-state index is -0.830. The first kappa shape index (κ1) is 17.6. The van der Waals surface area contributed by atoms with Gasteiger partial charge in [0.1, 0.15) is 12.3 Å². The van der Waals surface area contributed by atoms with Gasteiger partial charge in [0.05, 0.1) is 17.9 Å². The Kier molecular flexibility index (Phi) is 5.01. The van der Waals surface area contributed by atoms with E-state index in [1.165, 1.54) is 12.5 Å². The molecule has 3 N–H and O–H groups in total. The summed E-state index contributed by atoms with van der Waals surface area (Å²) >= 11 is 0.